The molecule has 2 rings (SSSR count). The molecule has 0 atom stereocenters. The van der Waals surface area contributed by atoms with Gasteiger partial charge >= 0.3 is 0 Å². The van der Waals surface area contributed by atoms with Crippen LogP contribution in [0.2, 0.25) is 0 Å². The number of aromatic nitrogens is 1. The van der Waals surface area contributed by atoms with Gasteiger partial charge in [-0.15, -0.1) is 0 Å². The minimum absolute atomic E-state index is 0.265. The maximum atomic E-state index is 13.0. The lowest BCUT2D eigenvalue weighted by molar-refractivity contribution is 0.618. The average molecular weight is 220 g/mol. The van der Waals surface area contributed by atoms with E-state index in [0.29, 0.717) is 0 Å². The van der Waals surface area contributed by atoms with Crippen molar-refractivity contribution in [1.82, 2.24) is 4.98 Å². The highest BCUT2D eigenvalue weighted by Gasteiger charge is 2.14. The summed E-state index contributed by atoms with van der Waals surface area (Å²) in [6.45, 7) is 4.08. The monoisotopic (exact) mass is 220 g/mol. The molecule has 1 aliphatic heterocycles. The highest BCUT2D eigenvalue weighted by molar-refractivity contribution is 5.67. The lowest BCUT2D eigenvalue weighted by Crippen LogP contribution is -2.28. The number of fused-ring (bicyclic) bond motifs is 1. The van der Waals surface area contributed by atoms with Crippen LogP contribution in [0, 0.1) is 5.82 Å². The van der Waals surface area contributed by atoms with E-state index in [2.05, 4.69) is 22.9 Å². The summed E-state index contributed by atoms with van der Waals surface area (Å²) in [7, 11) is 0. The summed E-state index contributed by atoms with van der Waals surface area (Å²) in [4.78, 5) is 6.39. The van der Waals surface area contributed by atoms with Gasteiger partial charge in [-0.1, -0.05) is 31.9 Å². The number of nitrogens with zero attached hydrogens (tertiary/aromatic N) is 2. The fourth-order valence-corrected chi connectivity index (χ4v) is 1.98. The van der Waals surface area contributed by atoms with Gasteiger partial charge < -0.3 is 4.90 Å². The first kappa shape index (κ1) is 11.1. The molecule has 1 aromatic rings. The van der Waals surface area contributed by atoms with E-state index < -0.39 is 0 Å². The Labute approximate surface area is 95.8 Å². The summed E-state index contributed by atoms with van der Waals surface area (Å²) in [6, 6.07) is 1.55. The summed E-state index contributed by atoms with van der Waals surface area (Å²) >= 11 is 0. The third-order valence-corrected chi connectivity index (χ3v) is 2.82. The molecule has 2 heterocycles. The minimum Gasteiger partial charge on any atom is -0.352 e. The zero-order chi connectivity index (χ0) is 11.4. The Hall–Kier alpha value is -1.38. The SMILES string of the molecule is CCCCCN1CC=Cc2cc(F)cnc21. The summed E-state index contributed by atoms with van der Waals surface area (Å²) < 4.78 is 13.0. The Morgan fingerprint density at radius 2 is 2.31 bits per heavy atom. The Morgan fingerprint density at radius 1 is 1.44 bits per heavy atom. The number of halogens is 1. The maximum absolute atomic E-state index is 13.0. The molecule has 86 valence electrons. The third-order valence-electron chi connectivity index (χ3n) is 2.82. The van der Waals surface area contributed by atoms with Crippen LogP contribution in [-0.4, -0.2) is 18.1 Å². The van der Waals surface area contributed by atoms with E-state index in [-0.39, 0.29) is 5.82 Å². The first-order valence-corrected chi connectivity index (χ1v) is 5.88. The Kier molecular flexibility index (Phi) is 3.54. The number of hydrogen-bond acceptors (Lipinski definition) is 2. The largest absolute Gasteiger partial charge is 0.352 e. The molecular weight excluding hydrogens is 203 g/mol. The molecule has 1 aliphatic rings. The van der Waals surface area contributed by atoms with E-state index in [0.717, 1.165) is 24.5 Å². The van der Waals surface area contributed by atoms with Crippen LogP contribution < -0.4 is 4.90 Å². The molecule has 0 fully saturated rings. The van der Waals surface area contributed by atoms with Crippen LogP contribution in [0.4, 0.5) is 10.2 Å². The van der Waals surface area contributed by atoms with Crippen molar-refractivity contribution >= 4 is 11.9 Å². The van der Waals surface area contributed by atoms with E-state index >= 15 is 0 Å². The molecule has 0 saturated carbocycles. The average Bonchev–Trinajstić information content (AvgIpc) is 2.29. The molecule has 3 heteroatoms. The lowest BCUT2D eigenvalue weighted by Gasteiger charge is -2.26. The molecular formula is C13H17FN2. The van der Waals surface area contributed by atoms with Crippen molar-refractivity contribution in [3.63, 3.8) is 0 Å². The van der Waals surface area contributed by atoms with Crippen LogP contribution in [0.1, 0.15) is 31.7 Å². The van der Waals surface area contributed by atoms with Gasteiger partial charge in [-0.05, 0) is 12.5 Å². The normalized spacial score (nSPS) is 14.0. The van der Waals surface area contributed by atoms with Crippen LogP contribution in [0.25, 0.3) is 6.08 Å². The van der Waals surface area contributed by atoms with Crippen molar-refractivity contribution < 1.29 is 4.39 Å². The Bertz CT molecular complexity index is 388. The number of hydrogen-bond donors (Lipinski definition) is 0. The van der Waals surface area contributed by atoms with Gasteiger partial charge in [0.1, 0.15) is 11.6 Å². The fraction of sp³-hybridized carbons (Fsp3) is 0.462. The molecule has 0 spiro atoms. The fourth-order valence-electron chi connectivity index (χ4n) is 1.98. The van der Waals surface area contributed by atoms with Crippen LogP contribution in [-0.2, 0) is 0 Å². The van der Waals surface area contributed by atoms with Crippen molar-refractivity contribution in [2.24, 2.45) is 0 Å². The van der Waals surface area contributed by atoms with E-state index in [1.807, 2.05) is 6.08 Å². The topological polar surface area (TPSA) is 16.1 Å². The van der Waals surface area contributed by atoms with Crippen LogP contribution in [0.3, 0.4) is 0 Å². The molecule has 0 amide bonds. The number of unbranched alkanes of at least 4 members (excludes halogenated alkanes) is 2. The van der Waals surface area contributed by atoms with E-state index in [4.69, 9.17) is 0 Å². The molecule has 0 radical (unpaired) electrons. The lowest BCUT2D eigenvalue weighted by atomic mass is 10.1. The van der Waals surface area contributed by atoms with E-state index in [9.17, 15) is 4.39 Å². The summed E-state index contributed by atoms with van der Waals surface area (Å²) in [5, 5.41) is 0. The van der Waals surface area contributed by atoms with Gasteiger partial charge in [0.25, 0.3) is 0 Å². The predicted octanol–water partition coefficient (Wildman–Crippen LogP) is 3.24. The van der Waals surface area contributed by atoms with Gasteiger partial charge in [0, 0.05) is 18.7 Å². The quantitative estimate of drug-likeness (QED) is 0.724. The van der Waals surface area contributed by atoms with Gasteiger partial charge in [0.2, 0.25) is 0 Å². The van der Waals surface area contributed by atoms with Gasteiger partial charge in [-0.3, -0.25) is 0 Å². The summed E-state index contributed by atoms with van der Waals surface area (Å²) in [5.41, 5.74) is 0.891. The highest BCUT2D eigenvalue weighted by atomic mass is 19.1. The molecule has 0 saturated heterocycles. The molecule has 1 aromatic heterocycles. The van der Waals surface area contributed by atoms with Gasteiger partial charge in [0.15, 0.2) is 0 Å². The number of anilines is 1. The van der Waals surface area contributed by atoms with Crippen molar-refractivity contribution in [1.29, 1.82) is 0 Å². The first-order chi connectivity index (χ1) is 7.81. The molecule has 0 unspecified atom stereocenters. The first-order valence-electron chi connectivity index (χ1n) is 5.88. The molecule has 0 bridgehead atoms. The highest BCUT2D eigenvalue weighted by Crippen LogP contribution is 2.24. The van der Waals surface area contributed by atoms with Crippen molar-refractivity contribution in [3.05, 3.63) is 29.7 Å². The second kappa shape index (κ2) is 5.10. The number of pyridine rings is 1. The number of rotatable bonds is 4. The van der Waals surface area contributed by atoms with Crippen LogP contribution in [0.15, 0.2) is 18.3 Å². The minimum atomic E-state index is -0.265. The molecule has 16 heavy (non-hydrogen) atoms. The van der Waals surface area contributed by atoms with Crippen LogP contribution >= 0.6 is 0 Å². The van der Waals surface area contributed by atoms with E-state index in [1.165, 1.54) is 25.5 Å². The third kappa shape index (κ3) is 2.40. The second-order valence-electron chi connectivity index (χ2n) is 4.12. The second-order valence-corrected chi connectivity index (χ2v) is 4.12. The maximum Gasteiger partial charge on any atom is 0.142 e. The van der Waals surface area contributed by atoms with Gasteiger partial charge in [-0.2, -0.15) is 0 Å². The van der Waals surface area contributed by atoms with Crippen LogP contribution in [0.5, 0.6) is 0 Å². The predicted molar refractivity (Wildman–Crippen MR) is 65.0 cm³/mol. The standard InChI is InChI=1S/C13H17FN2/c1-2-3-4-7-16-8-5-6-11-9-12(14)10-15-13(11)16/h5-6,9-10H,2-4,7-8H2,1H3. The molecule has 0 aliphatic carbocycles. The zero-order valence-electron chi connectivity index (χ0n) is 9.62. The molecule has 2 nitrogen and oxygen atoms in total. The van der Waals surface area contributed by atoms with Crippen molar-refractivity contribution in [3.8, 4) is 0 Å². The van der Waals surface area contributed by atoms with Crippen molar-refractivity contribution in [2.45, 2.75) is 26.2 Å². The Balaban J connectivity index is 2.11. The summed E-state index contributed by atoms with van der Waals surface area (Å²) in [5.74, 6) is 0.652. The summed E-state index contributed by atoms with van der Waals surface area (Å²) in [6.07, 6.45) is 8.93. The van der Waals surface area contributed by atoms with E-state index in [1.54, 1.807) is 6.07 Å². The molecule has 0 aromatic carbocycles. The Morgan fingerprint density at radius 3 is 3.12 bits per heavy atom. The van der Waals surface area contributed by atoms with Gasteiger partial charge in [-0.25, -0.2) is 9.37 Å². The molecule has 0 N–H and O–H groups in total. The van der Waals surface area contributed by atoms with Gasteiger partial charge in [0.05, 0.1) is 6.20 Å². The smallest absolute Gasteiger partial charge is 0.142 e. The zero-order valence-corrected chi connectivity index (χ0v) is 9.62. The van der Waals surface area contributed by atoms with Crippen molar-refractivity contribution in [2.75, 3.05) is 18.0 Å².